The van der Waals surface area contributed by atoms with Gasteiger partial charge in [0.15, 0.2) is 15.6 Å². The highest BCUT2D eigenvalue weighted by atomic mass is 32.3. The molecule has 0 fully saturated rings. The highest BCUT2D eigenvalue weighted by molar-refractivity contribution is 7.92. The summed E-state index contributed by atoms with van der Waals surface area (Å²) in [5.74, 6) is -1.46. The Bertz CT molecular complexity index is 3730. The van der Waals surface area contributed by atoms with Crippen LogP contribution in [-0.4, -0.2) is 93.4 Å². The molecule has 72 heavy (non-hydrogen) atoms. The monoisotopic (exact) mass is 1090 g/mol. The first kappa shape index (κ1) is 54.1. The summed E-state index contributed by atoms with van der Waals surface area (Å²) < 4.78 is 165. The van der Waals surface area contributed by atoms with Crippen molar-refractivity contribution < 1.29 is 69.8 Å². The number of nitrogens with one attached hydrogen (secondary N) is 1. The topological polar surface area (TPSA) is 412 Å². The predicted molar refractivity (Wildman–Crippen MR) is 263 cm³/mol. The second-order valence-electron chi connectivity index (χ2n) is 14.8. The number of methoxy groups -OCH3 is 1. The van der Waals surface area contributed by atoms with E-state index in [-0.39, 0.29) is 26.9 Å². The molecule has 6 aromatic carbocycles. The molecule has 0 aliphatic carbocycles. The molecular weight excluding hydrogens is 1050 g/mol. The first-order valence-electron chi connectivity index (χ1n) is 20.4. The number of nitrogens with zero attached hydrogens (tertiary/aromatic N) is 7. The fourth-order valence-corrected chi connectivity index (χ4v) is 10.5. The summed E-state index contributed by atoms with van der Waals surface area (Å²) in [6.45, 7) is 4.57. The molecule has 0 spiro atoms. The Morgan fingerprint density at radius 1 is 0.625 bits per heavy atom. The Labute approximate surface area is 412 Å². The minimum absolute atomic E-state index is 0.0683. The molecule has 26 nitrogen and oxygen atoms in total. The molecule has 0 saturated carbocycles. The fourth-order valence-electron chi connectivity index (χ4n) is 6.65. The molecule has 0 aromatic heterocycles. The van der Waals surface area contributed by atoms with Crippen LogP contribution in [0.3, 0.4) is 0 Å². The van der Waals surface area contributed by atoms with Gasteiger partial charge in [0.05, 0.1) is 68.8 Å². The van der Waals surface area contributed by atoms with E-state index < -0.39 is 106 Å². The van der Waals surface area contributed by atoms with Gasteiger partial charge in [0, 0.05) is 30.2 Å². The van der Waals surface area contributed by atoms with E-state index >= 15 is 0 Å². The molecule has 9 N–H and O–H groups in total. The summed E-state index contributed by atoms with van der Waals surface area (Å²) in [5, 5.41) is 33.8. The predicted octanol–water partition coefficient (Wildman–Crippen LogP) is 7.70. The van der Waals surface area contributed by atoms with E-state index in [2.05, 4.69) is 44.5 Å². The van der Waals surface area contributed by atoms with Crippen molar-refractivity contribution in [3.05, 3.63) is 97.1 Å². The smallest absolute Gasteiger partial charge is 0.397 e. The van der Waals surface area contributed by atoms with Gasteiger partial charge >= 0.3 is 10.4 Å². The largest absolute Gasteiger partial charge is 0.505 e. The molecule has 382 valence electrons. The maximum Gasteiger partial charge on any atom is 0.397 e. The van der Waals surface area contributed by atoms with Crippen molar-refractivity contribution in [2.24, 2.45) is 30.7 Å². The van der Waals surface area contributed by atoms with Gasteiger partial charge in [-0.3, -0.25) is 18.4 Å². The molecule has 0 aliphatic rings. The van der Waals surface area contributed by atoms with Gasteiger partial charge in [-0.25, -0.2) is 21.0 Å². The zero-order chi connectivity index (χ0) is 53.0. The van der Waals surface area contributed by atoms with E-state index in [9.17, 15) is 56.3 Å². The average molecular weight is 1090 g/mol. The van der Waals surface area contributed by atoms with Crippen molar-refractivity contribution in [1.29, 1.82) is 0 Å². The SMILES string of the molecule is CCN(CC)c1cc(N)c(N=Nc2ccc(NS(=O)(=O)c3ccc(N=Nc4c(S(=O)(=O)O)cc5c(S(=O)(=O)O)cc(N=Nc6ccc(S(=O)(=O)CCOS(=O)(=O)O)cc6)c(N)c5c4O)cc3)cc2)cc1OC. The highest BCUT2D eigenvalue weighted by Gasteiger charge is 2.29. The first-order valence-corrected chi connectivity index (χ1v) is 27.8. The van der Waals surface area contributed by atoms with E-state index in [1.807, 2.05) is 13.8 Å². The summed E-state index contributed by atoms with van der Waals surface area (Å²) in [6, 6.07) is 19.4. The summed E-state index contributed by atoms with van der Waals surface area (Å²) in [7, 11) is -22.4. The van der Waals surface area contributed by atoms with Crippen LogP contribution in [-0.2, 0) is 54.7 Å². The van der Waals surface area contributed by atoms with Gasteiger partial charge in [-0.1, -0.05) is 0 Å². The second-order valence-corrected chi connectivity index (χ2v) is 22.5. The molecule has 6 rings (SSSR count). The van der Waals surface area contributed by atoms with Crippen LogP contribution in [0.25, 0.3) is 10.8 Å². The van der Waals surface area contributed by atoms with Crippen molar-refractivity contribution in [3.63, 3.8) is 0 Å². The van der Waals surface area contributed by atoms with Crippen molar-refractivity contribution in [2.75, 3.05) is 53.6 Å². The third-order valence-corrected chi connectivity index (χ3v) is 15.5. The lowest BCUT2D eigenvalue weighted by molar-refractivity contribution is 0.284. The Morgan fingerprint density at radius 2 is 1.14 bits per heavy atom. The molecule has 31 heteroatoms. The number of hydrogen-bond donors (Lipinski definition) is 7. The van der Waals surface area contributed by atoms with E-state index in [0.29, 0.717) is 34.9 Å². The van der Waals surface area contributed by atoms with Crippen molar-refractivity contribution >= 4 is 118 Å². The highest BCUT2D eigenvalue weighted by Crippen LogP contribution is 2.48. The van der Waals surface area contributed by atoms with Crippen molar-refractivity contribution in [3.8, 4) is 11.5 Å². The quantitative estimate of drug-likeness (QED) is 0.0219. The molecule has 0 amide bonds. The number of hydrogen-bond acceptors (Lipinski definition) is 22. The van der Waals surface area contributed by atoms with Gasteiger partial charge in [-0.05, 0) is 105 Å². The average Bonchev–Trinajstić information content (AvgIpc) is 3.30. The second kappa shape index (κ2) is 21.2. The number of ether oxygens (including phenoxy) is 1. The molecule has 6 aromatic rings. The van der Waals surface area contributed by atoms with Gasteiger partial charge < -0.3 is 26.2 Å². The number of phenols is 1. The Balaban J connectivity index is 1.24. The standard InChI is InChI=1S/C41H42N10O16S5/c1-4-51(5-2)34-21-31(42)32(22-35(34)66-3)47-44-24-6-8-27(9-7-24)50-69(55,56)29-16-12-26(13-17-29)46-49-40-37(71(60,61)62)20-30-36(70(57,58)59)23-33(39(43)38(30)41(40)52)48-45-25-10-14-28(15-11-25)68(53,54)19-18-67-72(63,64)65/h6-17,20-23,50,52H,4-5,18-19,42-43H2,1-3H3,(H,57,58,59)(H,60,61,62)(H,63,64,65). The number of aromatic hydroxyl groups is 1. The number of phenolic OH excluding ortho intramolecular Hbond substituents is 1. The van der Waals surface area contributed by atoms with E-state index in [1.165, 1.54) is 31.4 Å². The zero-order valence-corrected chi connectivity index (χ0v) is 41.7. The number of benzene rings is 6. The summed E-state index contributed by atoms with van der Waals surface area (Å²) in [5.41, 5.74) is 12.3. The number of azo groups is 3. The van der Waals surface area contributed by atoms with Crippen LogP contribution in [0.4, 0.5) is 56.9 Å². The first-order chi connectivity index (χ1) is 33.6. The van der Waals surface area contributed by atoms with Crippen LogP contribution in [0.5, 0.6) is 11.5 Å². The summed E-state index contributed by atoms with van der Waals surface area (Å²) in [4.78, 5) is -0.769. The number of rotatable bonds is 20. The number of sulfonamides is 1. The minimum Gasteiger partial charge on any atom is -0.505 e. The van der Waals surface area contributed by atoms with E-state index in [1.54, 1.807) is 12.1 Å². The number of anilines is 4. The molecule has 0 aliphatic heterocycles. The van der Waals surface area contributed by atoms with Crippen LogP contribution in [0.1, 0.15) is 13.8 Å². The van der Waals surface area contributed by atoms with Crippen LogP contribution in [0, 0.1) is 0 Å². The zero-order valence-electron chi connectivity index (χ0n) is 37.6. The van der Waals surface area contributed by atoms with Gasteiger partial charge in [-0.2, -0.15) is 40.6 Å². The van der Waals surface area contributed by atoms with Crippen molar-refractivity contribution in [1.82, 2.24) is 0 Å². The minimum atomic E-state index is -5.36. The lowest BCUT2D eigenvalue weighted by Gasteiger charge is -2.24. The normalized spacial score (nSPS) is 12.9. The Kier molecular flexibility index (Phi) is 16.0. The number of fused-ring (bicyclic) bond motifs is 1. The molecular formula is C41H42N10O16S5. The molecule has 0 bridgehead atoms. The van der Waals surface area contributed by atoms with Crippen LogP contribution in [0.2, 0.25) is 0 Å². The lowest BCUT2D eigenvalue weighted by Crippen LogP contribution is -2.22. The summed E-state index contributed by atoms with van der Waals surface area (Å²) in [6.07, 6.45) is 0. The lowest BCUT2D eigenvalue weighted by atomic mass is 10.0. The number of sulfone groups is 1. The third-order valence-electron chi connectivity index (χ3n) is 10.2. The fraction of sp³-hybridized carbons (Fsp3) is 0.171. The molecule has 0 atom stereocenters. The van der Waals surface area contributed by atoms with Gasteiger partial charge in [0.1, 0.15) is 32.6 Å². The Morgan fingerprint density at radius 3 is 1.65 bits per heavy atom. The molecule has 0 saturated heterocycles. The van der Waals surface area contributed by atoms with Gasteiger partial charge in [0.2, 0.25) is 0 Å². The maximum atomic E-state index is 13.3. The van der Waals surface area contributed by atoms with Crippen LogP contribution < -0.4 is 25.8 Å². The van der Waals surface area contributed by atoms with E-state index in [4.69, 9.17) is 20.8 Å². The maximum absolute atomic E-state index is 13.3. The van der Waals surface area contributed by atoms with Gasteiger partial charge in [-0.15, -0.1) is 15.3 Å². The van der Waals surface area contributed by atoms with Crippen LogP contribution >= 0.6 is 0 Å². The molecule has 0 unspecified atom stereocenters. The number of nitrogens with two attached hydrogens (primary N) is 2. The van der Waals surface area contributed by atoms with Gasteiger partial charge in [0.25, 0.3) is 30.3 Å². The molecule has 0 heterocycles. The van der Waals surface area contributed by atoms with Crippen molar-refractivity contribution in [2.45, 2.75) is 33.4 Å². The van der Waals surface area contributed by atoms with E-state index in [0.717, 1.165) is 67.3 Å². The summed E-state index contributed by atoms with van der Waals surface area (Å²) >= 11 is 0. The Hall–Kier alpha value is -7.23. The molecule has 0 radical (unpaired) electrons. The third kappa shape index (κ3) is 12.8. The van der Waals surface area contributed by atoms with Crippen LogP contribution in [0.15, 0.2) is 147 Å². The number of nitrogen functional groups attached to an aromatic ring is 2.